The fraction of sp³-hybridized carbons (Fsp3) is 0.161. The summed E-state index contributed by atoms with van der Waals surface area (Å²) in [5.74, 6) is 0.944. The number of aryl methyl sites for hydroxylation is 1. The van der Waals surface area contributed by atoms with Crippen molar-refractivity contribution < 1.29 is 32.2 Å². The normalized spacial score (nSPS) is 13.1. The van der Waals surface area contributed by atoms with E-state index >= 15 is 0 Å². The number of fused-ring (bicyclic) bond motifs is 1. The molecule has 0 aromatic heterocycles. The maximum atomic E-state index is 13.3. The summed E-state index contributed by atoms with van der Waals surface area (Å²) in [5.41, 5.74) is 3.12. The highest BCUT2D eigenvalue weighted by Gasteiger charge is 2.33. The fourth-order valence-corrected chi connectivity index (χ4v) is 5.77. The third kappa shape index (κ3) is 5.46. The Kier molecular flexibility index (Phi) is 7.67. The minimum absolute atomic E-state index is 0.147. The van der Waals surface area contributed by atoms with Gasteiger partial charge in [-0.1, -0.05) is 48.0 Å². The Morgan fingerprint density at radius 1 is 0.805 bits per heavy atom. The molecule has 10 heteroatoms. The van der Waals surface area contributed by atoms with Crippen LogP contribution in [0, 0.1) is 6.92 Å². The van der Waals surface area contributed by atoms with E-state index in [4.69, 9.17) is 18.9 Å². The number of nitrogens with zero attached hydrogens (tertiary/aromatic N) is 2. The Morgan fingerprint density at radius 3 is 2.10 bits per heavy atom. The number of hydrogen-bond acceptors (Lipinski definition) is 8. The van der Waals surface area contributed by atoms with E-state index in [1.54, 1.807) is 41.3 Å². The number of para-hydroxylation sites is 1. The molecule has 0 amide bonds. The van der Waals surface area contributed by atoms with Gasteiger partial charge < -0.3 is 23.8 Å². The number of methoxy groups -OCH3 is 3. The van der Waals surface area contributed by atoms with Gasteiger partial charge in [0.25, 0.3) is 10.0 Å². The largest absolute Gasteiger partial charge is 0.493 e. The lowest BCUT2D eigenvalue weighted by Crippen LogP contribution is -2.30. The van der Waals surface area contributed by atoms with Gasteiger partial charge in [-0.2, -0.15) is 8.42 Å². The molecule has 9 nitrogen and oxygen atoms in total. The predicted molar refractivity (Wildman–Crippen MR) is 155 cm³/mol. The summed E-state index contributed by atoms with van der Waals surface area (Å²) in [6.07, 6.45) is 0. The number of anilines is 1. The summed E-state index contributed by atoms with van der Waals surface area (Å²) in [6.45, 7) is 2.14. The van der Waals surface area contributed by atoms with Crippen LogP contribution in [0.5, 0.6) is 23.0 Å². The van der Waals surface area contributed by atoms with Crippen molar-refractivity contribution in [3.8, 4) is 23.0 Å². The van der Waals surface area contributed by atoms with E-state index in [1.807, 2.05) is 43.3 Å². The molecule has 1 aliphatic rings. The van der Waals surface area contributed by atoms with Gasteiger partial charge in [0, 0.05) is 16.8 Å². The summed E-state index contributed by atoms with van der Waals surface area (Å²) in [6, 6.07) is 24.5. The lowest BCUT2D eigenvalue weighted by atomic mass is 10.1. The quantitative estimate of drug-likeness (QED) is 0.204. The smallest absolute Gasteiger partial charge is 0.343 e. The third-order valence-corrected chi connectivity index (χ3v) is 7.94. The molecule has 0 atom stereocenters. The minimum atomic E-state index is -3.87. The molecule has 4 aromatic rings. The van der Waals surface area contributed by atoms with Gasteiger partial charge in [0.1, 0.15) is 10.6 Å². The lowest BCUT2D eigenvalue weighted by Gasteiger charge is -2.26. The van der Waals surface area contributed by atoms with Gasteiger partial charge in [-0.25, -0.2) is 4.79 Å². The van der Waals surface area contributed by atoms with Crippen LogP contribution in [0.3, 0.4) is 0 Å². The van der Waals surface area contributed by atoms with Gasteiger partial charge in [0.2, 0.25) is 5.75 Å². The van der Waals surface area contributed by atoms with E-state index in [0.29, 0.717) is 34.1 Å². The molecule has 0 bridgehead atoms. The second kappa shape index (κ2) is 11.3. The van der Waals surface area contributed by atoms with Crippen LogP contribution in [0.2, 0.25) is 0 Å². The second-order valence-electron chi connectivity index (χ2n) is 9.22. The molecule has 210 valence electrons. The van der Waals surface area contributed by atoms with Crippen LogP contribution < -0.4 is 23.8 Å². The molecular weight excluding hydrogens is 544 g/mol. The number of hydrogen-bond donors (Lipinski definition) is 0. The van der Waals surface area contributed by atoms with Gasteiger partial charge in [0.05, 0.1) is 33.4 Å². The Balaban J connectivity index is 1.53. The van der Waals surface area contributed by atoms with Gasteiger partial charge in [-0.3, -0.25) is 0 Å². The molecule has 0 saturated heterocycles. The monoisotopic (exact) mass is 572 g/mol. The zero-order chi connectivity index (χ0) is 29.1. The van der Waals surface area contributed by atoms with Crippen molar-refractivity contribution in [2.24, 2.45) is 4.40 Å². The first kappa shape index (κ1) is 27.7. The predicted octanol–water partition coefficient (Wildman–Crippen LogP) is 5.40. The molecule has 0 fully saturated rings. The number of esters is 1. The van der Waals surface area contributed by atoms with Crippen molar-refractivity contribution in [3.63, 3.8) is 0 Å². The molecule has 4 aromatic carbocycles. The number of sulfonamides is 1. The number of amidine groups is 1. The summed E-state index contributed by atoms with van der Waals surface area (Å²) in [5, 5.41) is 0. The van der Waals surface area contributed by atoms with E-state index in [9.17, 15) is 13.2 Å². The van der Waals surface area contributed by atoms with Crippen LogP contribution in [0.25, 0.3) is 0 Å². The van der Waals surface area contributed by atoms with E-state index in [-0.39, 0.29) is 22.8 Å². The minimum Gasteiger partial charge on any atom is -0.493 e. The van der Waals surface area contributed by atoms with Crippen LogP contribution >= 0.6 is 0 Å². The summed E-state index contributed by atoms with van der Waals surface area (Å²) in [7, 11) is 0.541. The van der Waals surface area contributed by atoms with Gasteiger partial charge in [-0.15, -0.1) is 4.40 Å². The Hall–Kier alpha value is -4.83. The molecule has 0 unspecified atom stereocenters. The Bertz CT molecular complexity index is 1720. The summed E-state index contributed by atoms with van der Waals surface area (Å²) < 4.78 is 51.9. The number of rotatable bonds is 8. The van der Waals surface area contributed by atoms with Crippen LogP contribution in [0.15, 0.2) is 94.2 Å². The number of carbonyl (C=O) groups excluding carboxylic acids is 1. The fourth-order valence-electron chi connectivity index (χ4n) is 4.56. The van der Waals surface area contributed by atoms with Gasteiger partial charge >= 0.3 is 5.97 Å². The highest BCUT2D eigenvalue weighted by Crippen LogP contribution is 2.39. The van der Waals surface area contributed by atoms with Gasteiger partial charge in [-0.05, 0) is 49.4 Å². The first-order valence-corrected chi connectivity index (χ1v) is 14.1. The van der Waals surface area contributed by atoms with E-state index in [2.05, 4.69) is 4.40 Å². The van der Waals surface area contributed by atoms with Gasteiger partial charge in [0.15, 0.2) is 17.3 Å². The molecule has 41 heavy (non-hydrogen) atoms. The third-order valence-electron chi connectivity index (χ3n) is 6.62. The zero-order valence-corrected chi connectivity index (χ0v) is 23.8. The van der Waals surface area contributed by atoms with E-state index < -0.39 is 16.0 Å². The highest BCUT2D eigenvalue weighted by molar-refractivity contribution is 7.90. The lowest BCUT2D eigenvalue weighted by molar-refractivity contribution is 0.0732. The van der Waals surface area contributed by atoms with E-state index in [1.165, 1.54) is 33.5 Å². The SMILES string of the molecule is COc1cc(C(=O)Oc2ccccc2CN(C2=NS(=O)(=O)c3ccccc32)c2ccc(C)cc2)cc(OC)c1OC. The standard InChI is InChI=1S/C31H28N2O7S/c1-20-13-15-23(16-14-20)33(30-24-10-6-8-12-28(24)41(35,36)32-30)19-21-9-5-7-11-25(21)40-31(34)22-17-26(37-2)29(39-4)27(18-22)38-3/h5-18H,19H2,1-4H3. The number of ether oxygens (including phenoxy) is 4. The first-order valence-electron chi connectivity index (χ1n) is 12.6. The molecule has 0 aliphatic carbocycles. The maximum absolute atomic E-state index is 13.3. The Labute approximate surface area is 238 Å². The molecule has 5 rings (SSSR count). The van der Waals surface area contributed by atoms with Crippen molar-refractivity contribution in [2.75, 3.05) is 26.2 Å². The molecule has 1 heterocycles. The van der Waals surface area contributed by atoms with Crippen molar-refractivity contribution in [1.29, 1.82) is 0 Å². The average Bonchev–Trinajstić information content (AvgIpc) is 3.26. The van der Waals surface area contributed by atoms with E-state index in [0.717, 1.165) is 11.3 Å². The van der Waals surface area contributed by atoms with Crippen molar-refractivity contribution in [3.05, 3.63) is 107 Å². The van der Waals surface area contributed by atoms with Crippen molar-refractivity contribution in [1.82, 2.24) is 0 Å². The zero-order valence-electron chi connectivity index (χ0n) is 23.0. The van der Waals surface area contributed by atoms with Crippen molar-refractivity contribution >= 4 is 27.5 Å². The first-order chi connectivity index (χ1) is 19.7. The number of benzene rings is 4. The van der Waals surface area contributed by atoms with Crippen LogP contribution in [0.1, 0.15) is 27.0 Å². The van der Waals surface area contributed by atoms with Crippen molar-refractivity contribution in [2.45, 2.75) is 18.4 Å². The second-order valence-corrected chi connectivity index (χ2v) is 10.8. The molecular formula is C31H28N2O7S. The molecule has 0 saturated carbocycles. The number of carbonyl (C=O) groups is 1. The maximum Gasteiger partial charge on any atom is 0.343 e. The van der Waals surface area contributed by atoms with Crippen LogP contribution in [-0.2, 0) is 16.6 Å². The summed E-state index contributed by atoms with van der Waals surface area (Å²) >= 11 is 0. The topological polar surface area (TPSA) is 104 Å². The summed E-state index contributed by atoms with van der Waals surface area (Å²) in [4.78, 5) is 15.3. The van der Waals surface area contributed by atoms with Crippen LogP contribution in [-0.4, -0.2) is 41.6 Å². The Morgan fingerprint density at radius 2 is 1.44 bits per heavy atom. The molecule has 0 radical (unpaired) electrons. The molecule has 0 N–H and O–H groups in total. The molecule has 1 aliphatic heterocycles. The highest BCUT2D eigenvalue weighted by atomic mass is 32.2. The molecule has 0 spiro atoms. The average molecular weight is 573 g/mol. The van der Waals surface area contributed by atoms with Crippen LogP contribution in [0.4, 0.5) is 5.69 Å².